The first-order valence-electron chi connectivity index (χ1n) is 13.1. The molecule has 0 radical (unpaired) electrons. The van der Waals surface area contributed by atoms with Crippen molar-refractivity contribution in [3.63, 3.8) is 0 Å². The predicted octanol–water partition coefficient (Wildman–Crippen LogP) is 6.56. The van der Waals surface area contributed by atoms with E-state index < -0.39 is 0 Å². The van der Waals surface area contributed by atoms with Crippen LogP contribution >= 0.6 is 0 Å². The zero-order valence-electron chi connectivity index (χ0n) is 23.9. The fraction of sp³-hybridized carbons (Fsp3) is 0.548. The van der Waals surface area contributed by atoms with Crippen LogP contribution in [0, 0.1) is 13.8 Å². The Hall–Kier alpha value is -2.66. The zero-order valence-corrected chi connectivity index (χ0v) is 23.9. The van der Waals surface area contributed by atoms with E-state index in [4.69, 9.17) is 0 Å². The molecule has 0 unspecified atom stereocenters. The van der Waals surface area contributed by atoms with Crippen molar-refractivity contribution in [2.45, 2.75) is 79.1 Å². The lowest BCUT2D eigenvalue weighted by Gasteiger charge is -2.22. The van der Waals surface area contributed by atoms with Gasteiger partial charge < -0.3 is 15.1 Å². The third kappa shape index (κ3) is 8.77. The number of aliphatic imine (C=N–C) groups is 2. The van der Waals surface area contributed by atoms with Gasteiger partial charge in [0.15, 0.2) is 0 Å². The van der Waals surface area contributed by atoms with Crippen LogP contribution in [0.1, 0.15) is 87.8 Å². The van der Waals surface area contributed by atoms with E-state index >= 15 is 0 Å². The summed E-state index contributed by atoms with van der Waals surface area (Å²) in [6, 6.07) is 8.08. The molecule has 198 valence electrons. The lowest BCUT2D eigenvalue weighted by molar-refractivity contribution is 0.329. The molecular formula is C31H47N3O2. The molecule has 0 saturated heterocycles. The molecule has 0 aliphatic heterocycles. The monoisotopic (exact) mass is 493 g/mol. The van der Waals surface area contributed by atoms with Gasteiger partial charge in [-0.05, 0) is 80.9 Å². The summed E-state index contributed by atoms with van der Waals surface area (Å²) in [4.78, 5) is 11.4. The molecule has 0 saturated carbocycles. The van der Waals surface area contributed by atoms with Gasteiger partial charge in [0.25, 0.3) is 0 Å². The molecule has 5 heteroatoms. The van der Waals surface area contributed by atoms with E-state index in [1.807, 2.05) is 12.1 Å². The minimum absolute atomic E-state index is 0.110. The van der Waals surface area contributed by atoms with E-state index in [1.165, 1.54) is 0 Å². The molecule has 5 nitrogen and oxygen atoms in total. The summed E-state index contributed by atoms with van der Waals surface area (Å²) in [7, 11) is 2.12. The summed E-state index contributed by atoms with van der Waals surface area (Å²) >= 11 is 0. The van der Waals surface area contributed by atoms with Gasteiger partial charge in [0, 0.05) is 47.8 Å². The van der Waals surface area contributed by atoms with E-state index in [0.717, 1.165) is 72.4 Å². The number of nitrogens with zero attached hydrogens (tertiary/aromatic N) is 3. The maximum absolute atomic E-state index is 10.7. The fourth-order valence-electron chi connectivity index (χ4n) is 4.26. The lowest BCUT2D eigenvalue weighted by atomic mass is 9.84. The van der Waals surface area contributed by atoms with Gasteiger partial charge in [-0.25, -0.2) is 0 Å². The van der Waals surface area contributed by atoms with Crippen LogP contribution in [0.5, 0.6) is 11.5 Å². The average Bonchev–Trinajstić information content (AvgIpc) is 2.75. The van der Waals surface area contributed by atoms with Crippen LogP contribution < -0.4 is 0 Å². The number of benzene rings is 2. The molecule has 2 N–H and O–H groups in total. The third-order valence-electron chi connectivity index (χ3n) is 6.30. The zero-order chi connectivity index (χ0) is 27.1. The Morgan fingerprint density at radius 1 is 0.694 bits per heavy atom. The van der Waals surface area contributed by atoms with Crippen molar-refractivity contribution >= 4 is 12.4 Å². The molecule has 36 heavy (non-hydrogen) atoms. The normalized spacial score (nSPS) is 12.9. The molecule has 0 aliphatic rings. The Morgan fingerprint density at radius 2 is 1.06 bits per heavy atom. The van der Waals surface area contributed by atoms with Gasteiger partial charge >= 0.3 is 0 Å². The Morgan fingerprint density at radius 3 is 1.39 bits per heavy atom. The summed E-state index contributed by atoms with van der Waals surface area (Å²) in [5, 5.41) is 21.3. The highest BCUT2D eigenvalue weighted by Crippen LogP contribution is 2.34. The van der Waals surface area contributed by atoms with Crippen LogP contribution in [0.3, 0.4) is 0 Å². The predicted molar refractivity (Wildman–Crippen MR) is 155 cm³/mol. The number of aryl methyl sites for hydroxylation is 2. The number of hydrogen-bond donors (Lipinski definition) is 2. The van der Waals surface area contributed by atoms with E-state index in [1.54, 1.807) is 12.4 Å². The summed E-state index contributed by atoms with van der Waals surface area (Å²) in [6.45, 7) is 20.1. The summed E-state index contributed by atoms with van der Waals surface area (Å²) in [5.41, 5.74) is 5.54. The van der Waals surface area contributed by atoms with Gasteiger partial charge in [-0.15, -0.1) is 0 Å². The molecule has 0 aliphatic carbocycles. The molecule has 0 aromatic heterocycles. The molecule has 0 fully saturated rings. The first-order chi connectivity index (χ1) is 16.7. The van der Waals surface area contributed by atoms with E-state index in [-0.39, 0.29) is 10.8 Å². The van der Waals surface area contributed by atoms with Gasteiger partial charge in [-0.1, -0.05) is 53.7 Å². The van der Waals surface area contributed by atoms with Crippen LogP contribution in [0.15, 0.2) is 34.3 Å². The molecule has 0 spiro atoms. The van der Waals surface area contributed by atoms with Crippen molar-refractivity contribution in [2.24, 2.45) is 9.98 Å². The highest BCUT2D eigenvalue weighted by atomic mass is 16.3. The molecule has 0 atom stereocenters. The Labute approximate surface area is 219 Å². The SMILES string of the molecule is Cc1cc(C=NCCCN(C)CCCN=Cc2cc(C)cc(C(C)(C)C)c2O)c(O)c(C(C)(C)C)c1. The van der Waals surface area contributed by atoms with Gasteiger partial charge in [0.05, 0.1) is 0 Å². The van der Waals surface area contributed by atoms with Crippen molar-refractivity contribution < 1.29 is 10.2 Å². The standard InChI is InChI=1S/C31H47N3O2/c1-22-16-24(28(35)26(18-22)30(3,4)5)20-32-12-10-14-34(9)15-11-13-33-21-25-17-23(2)19-27(29(25)36)31(6,7)8/h16-21,35-36H,10-15H2,1-9H3. The van der Waals surface area contributed by atoms with Gasteiger partial charge in [0.1, 0.15) is 11.5 Å². The molecule has 2 aromatic carbocycles. The maximum atomic E-state index is 10.7. The summed E-state index contributed by atoms with van der Waals surface area (Å²) < 4.78 is 0. The van der Waals surface area contributed by atoms with Crippen molar-refractivity contribution in [2.75, 3.05) is 33.2 Å². The van der Waals surface area contributed by atoms with Gasteiger partial charge in [-0.3, -0.25) is 9.98 Å². The maximum Gasteiger partial charge on any atom is 0.128 e. The first kappa shape index (κ1) is 29.6. The fourth-order valence-corrected chi connectivity index (χ4v) is 4.26. The van der Waals surface area contributed by atoms with E-state index in [2.05, 4.69) is 89.5 Å². The second-order valence-corrected chi connectivity index (χ2v) is 12.1. The highest BCUT2D eigenvalue weighted by Gasteiger charge is 2.21. The third-order valence-corrected chi connectivity index (χ3v) is 6.30. The van der Waals surface area contributed by atoms with Crippen molar-refractivity contribution in [1.29, 1.82) is 0 Å². The van der Waals surface area contributed by atoms with Crippen LogP contribution in [0.2, 0.25) is 0 Å². The Kier molecular flexibility index (Phi) is 10.3. The molecule has 2 rings (SSSR count). The Bertz CT molecular complexity index is 987. The minimum Gasteiger partial charge on any atom is -0.507 e. The van der Waals surface area contributed by atoms with Gasteiger partial charge in [-0.2, -0.15) is 0 Å². The quantitative estimate of drug-likeness (QED) is 0.291. The molecule has 2 aromatic rings. The number of rotatable bonds is 10. The van der Waals surface area contributed by atoms with E-state index in [9.17, 15) is 10.2 Å². The second kappa shape index (κ2) is 12.5. The minimum atomic E-state index is -0.110. The summed E-state index contributed by atoms with van der Waals surface area (Å²) in [5.74, 6) is 0.672. The number of aromatic hydroxyl groups is 2. The topological polar surface area (TPSA) is 68.4 Å². The highest BCUT2D eigenvalue weighted by molar-refractivity contribution is 5.85. The van der Waals surface area contributed by atoms with Crippen LogP contribution in [-0.2, 0) is 10.8 Å². The van der Waals surface area contributed by atoms with Crippen LogP contribution in [0.4, 0.5) is 0 Å². The number of phenolic OH excluding ortho intramolecular Hbond substituents is 2. The van der Waals surface area contributed by atoms with Crippen LogP contribution in [0.25, 0.3) is 0 Å². The smallest absolute Gasteiger partial charge is 0.128 e. The summed E-state index contributed by atoms with van der Waals surface area (Å²) in [6.07, 6.45) is 5.53. The molecule has 0 bridgehead atoms. The average molecular weight is 494 g/mol. The van der Waals surface area contributed by atoms with Crippen molar-refractivity contribution in [1.82, 2.24) is 4.90 Å². The van der Waals surface area contributed by atoms with Crippen LogP contribution in [-0.4, -0.2) is 60.8 Å². The Balaban J connectivity index is 1.78. The number of phenols is 2. The molecule has 0 heterocycles. The first-order valence-corrected chi connectivity index (χ1v) is 13.1. The molecule has 0 amide bonds. The van der Waals surface area contributed by atoms with Crippen molar-refractivity contribution in [3.8, 4) is 11.5 Å². The van der Waals surface area contributed by atoms with E-state index in [0.29, 0.717) is 11.5 Å². The molecular weight excluding hydrogens is 446 g/mol. The second-order valence-electron chi connectivity index (χ2n) is 12.1. The van der Waals surface area contributed by atoms with Crippen molar-refractivity contribution in [3.05, 3.63) is 57.6 Å². The lowest BCUT2D eigenvalue weighted by Crippen LogP contribution is -2.22. The number of hydrogen-bond acceptors (Lipinski definition) is 5. The van der Waals surface area contributed by atoms with Gasteiger partial charge in [0.2, 0.25) is 0 Å². The largest absolute Gasteiger partial charge is 0.507 e.